The molecule has 20 valence electrons. The van der Waals surface area contributed by atoms with Crippen molar-refractivity contribution in [2.24, 2.45) is 0 Å². The van der Waals surface area contributed by atoms with Crippen LogP contribution in [0.2, 0.25) is 0 Å². The van der Waals surface area contributed by atoms with E-state index in [9.17, 15) is 0 Å². The van der Waals surface area contributed by atoms with Gasteiger partial charge in [-0.05, 0) is 0 Å². The molecule has 1 aliphatic rings. The highest BCUT2D eigenvalue weighted by molar-refractivity contribution is 7.68. The SMILES string of the molecule is C=[P+]1C=C1. The van der Waals surface area contributed by atoms with E-state index in [0.717, 1.165) is 0 Å². The van der Waals surface area contributed by atoms with Gasteiger partial charge in [0.05, 0.1) is 6.30 Å². The molecule has 0 unspecified atom stereocenters. The summed E-state index contributed by atoms with van der Waals surface area (Å²) in [6.07, 6.45) is 3.70. The normalized spacial score (nSPS) is 17.5. The molecule has 1 heteroatoms. The van der Waals surface area contributed by atoms with Crippen molar-refractivity contribution in [2.75, 3.05) is 0 Å². The molecule has 4 heavy (non-hydrogen) atoms. The van der Waals surface area contributed by atoms with Crippen LogP contribution in [0.25, 0.3) is 0 Å². The summed E-state index contributed by atoms with van der Waals surface area (Å²) in [5.74, 6) is 4.24. The van der Waals surface area contributed by atoms with Crippen LogP contribution in [0.15, 0.2) is 11.6 Å². The zero-order valence-corrected chi connectivity index (χ0v) is 3.20. The molecule has 0 aliphatic carbocycles. The van der Waals surface area contributed by atoms with Crippen LogP contribution in [0.3, 0.4) is 0 Å². The molecule has 0 nitrogen and oxygen atoms in total. The molecular formula is C3H4P+. The maximum atomic E-state index is 3.70. The summed E-state index contributed by atoms with van der Waals surface area (Å²) in [7, 11) is 0.130. The van der Waals surface area contributed by atoms with Crippen LogP contribution in [0.5, 0.6) is 0 Å². The fourth-order valence-corrected chi connectivity index (χ4v) is 0.424. The van der Waals surface area contributed by atoms with Gasteiger partial charge in [-0.15, -0.1) is 0 Å². The lowest BCUT2D eigenvalue weighted by atomic mass is 11.3. The fraction of sp³-hybridized carbons (Fsp3) is 0. The van der Waals surface area contributed by atoms with E-state index in [1.807, 2.05) is 0 Å². The summed E-state index contributed by atoms with van der Waals surface area (Å²) in [4.78, 5) is 0. The van der Waals surface area contributed by atoms with Crippen LogP contribution in [0.4, 0.5) is 0 Å². The van der Waals surface area contributed by atoms with Crippen molar-refractivity contribution in [2.45, 2.75) is 0 Å². The van der Waals surface area contributed by atoms with Crippen LogP contribution in [-0.4, -0.2) is 6.30 Å². The maximum Gasteiger partial charge on any atom is 0.160 e. The minimum absolute atomic E-state index is 0.130. The molecule has 1 heterocycles. The molecule has 0 aromatic heterocycles. The number of rotatable bonds is 0. The van der Waals surface area contributed by atoms with Crippen molar-refractivity contribution in [3.63, 3.8) is 0 Å². The van der Waals surface area contributed by atoms with E-state index in [1.54, 1.807) is 0 Å². The molecule has 0 fully saturated rings. The van der Waals surface area contributed by atoms with Gasteiger partial charge >= 0.3 is 0 Å². The van der Waals surface area contributed by atoms with Gasteiger partial charge < -0.3 is 0 Å². The monoisotopic (exact) mass is 71.0 g/mol. The van der Waals surface area contributed by atoms with Crippen LogP contribution in [0, 0.1) is 0 Å². The van der Waals surface area contributed by atoms with Gasteiger partial charge in [0.25, 0.3) is 0 Å². The standard InChI is InChI=1S/C3H4P/c1-4-2-3-4/h2-3H,1H2/q+1. The molecule has 0 saturated heterocycles. The molecule has 0 bridgehead atoms. The average Bonchev–Trinajstić information content (AvgIpc) is 1.75. The molecular weight excluding hydrogens is 67.0 g/mol. The minimum Gasteiger partial charge on any atom is 0.0823 e. The zero-order chi connectivity index (χ0) is 2.99. The summed E-state index contributed by atoms with van der Waals surface area (Å²) in [5, 5.41) is 0. The first-order chi connectivity index (χ1) is 1.89. The lowest BCUT2D eigenvalue weighted by Gasteiger charge is -1.20. The van der Waals surface area contributed by atoms with E-state index in [4.69, 9.17) is 0 Å². The lowest BCUT2D eigenvalue weighted by molar-refractivity contribution is 2.81. The average molecular weight is 71.0 g/mol. The summed E-state index contributed by atoms with van der Waals surface area (Å²) in [5.41, 5.74) is 0. The van der Waals surface area contributed by atoms with Crippen molar-refractivity contribution in [3.8, 4) is 0 Å². The lowest BCUT2D eigenvalue weighted by Crippen LogP contribution is -0.963. The second-order valence-corrected chi connectivity index (χ2v) is 2.44. The Bertz CT molecular complexity index is 63.4. The van der Waals surface area contributed by atoms with Gasteiger partial charge in [-0.2, -0.15) is 0 Å². The molecule has 1 rings (SSSR count). The third-order valence-corrected chi connectivity index (χ3v) is 1.08. The first-order valence-corrected chi connectivity index (χ1v) is 2.83. The summed E-state index contributed by atoms with van der Waals surface area (Å²) >= 11 is 0. The maximum absolute atomic E-state index is 3.70. The highest BCUT2D eigenvalue weighted by atomic mass is 31.1. The summed E-state index contributed by atoms with van der Waals surface area (Å²) in [6, 6.07) is 0. The molecule has 0 aromatic carbocycles. The Morgan fingerprint density at radius 1 is 1.50 bits per heavy atom. The van der Waals surface area contributed by atoms with Gasteiger partial charge in [-0.3, -0.25) is 0 Å². The number of hydrogen-bond acceptors (Lipinski definition) is 0. The quantitative estimate of drug-likeness (QED) is 0.378. The van der Waals surface area contributed by atoms with Crippen molar-refractivity contribution < 1.29 is 0 Å². The van der Waals surface area contributed by atoms with Crippen LogP contribution in [-0.2, 0) is 0 Å². The van der Waals surface area contributed by atoms with Gasteiger partial charge in [-0.25, -0.2) is 0 Å². The van der Waals surface area contributed by atoms with Gasteiger partial charge in [0.1, 0.15) is 0 Å². The van der Waals surface area contributed by atoms with Crippen molar-refractivity contribution in [1.82, 2.24) is 0 Å². The second-order valence-electron chi connectivity index (χ2n) is 0.812. The van der Waals surface area contributed by atoms with Gasteiger partial charge in [0.15, 0.2) is 19.2 Å². The Kier molecular flexibility index (Phi) is 0.238. The largest absolute Gasteiger partial charge is 0.160 e. The summed E-state index contributed by atoms with van der Waals surface area (Å²) in [6.45, 7) is 0. The van der Waals surface area contributed by atoms with Gasteiger partial charge in [0.2, 0.25) is 0 Å². The predicted octanol–water partition coefficient (Wildman–Crippen LogP) is 1.39. The van der Waals surface area contributed by atoms with E-state index in [-0.39, 0.29) is 7.55 Å². The smallest absolute Gasteiger partial charge is 0.0823 e. The molecule has 1 aliphatic heterocycles. The van der Waals surface area contributed by atoms with Crippen molar-refractivity contribution >= 4 is 13.8 Å². The third kappa shape index (κ3) is 0.187. The van der Waals surface area contributed by atoms with Crippen LogP contribution in [0.1, 0.15) is 0 Å². The summed E-state index contributed by atoms with van der Waals surface area (Å²) < 4.78 is 0. The topological polar surface area (TPSA) is 0 Å². The molecule has 0 N–H and O–H groups in total. The van der Waals surface area contributed by atoms with Gasteiger partial charge in [-0.1, -0.05) is 0 Å². The Balaban J connectivity index is 2.80. The second kappa shape index (κ2) is 0.440. The zero-order valence-electron chi connectivity index (χ0n) is 2.31. The Morgan fingerprint density at radius 2 is 1.75 bits per heavy atom. The molecule has 0 spiro atoms. The van der Waals surface area contributed by atoms with E-state index in [1.165, 1.54) is 0 Å². The third-order valence-electron chi connectivity index (χ3n) is 0.360. The molecule has 0 radical (unpaired) electrons. The van der Waals surface area contributed by atoms with Crippen molar-refractivity contribution in [3.05, 3.63) is 11.6 Å². The van der Waals surface area contributed by atoms with E-state index in [0.29, 0.717) is 0 Å². The highest BCUT2D eigenvalue weighted by Gasteiger charge is 2.07. The Hall–Kier alpha value is -0.0900. The van der Waals surface area contributed by atoms with Gasteiger partial charge in [0, 0.05) is 0 Å². The van der Waals surface area contributed by atoms with E-state index >= 15 is 0 Å². The molecule has 0 atom stereocenters. The van der Waals surface area contributed by atoms with E-state index in [2.05, 4.69) is 17.9 Å². The highest BCUT2D eigenvalue weighted by Crippen LogP contribution is 2.37. The van der Waals surface area contributed by atoms with E-state index < -0.39 is 0 Å². The first kappa shape index (κ1) is 2.17. The Morgan fingerprint density at radius 3 is 1.75 bits per heavy atom. The minimum atomic E-state index is 0.130. The number of hydrogen-bond donors (Lipinski definition) is 0. The van der Waals surface area contributed by atoms with Crippen LogP contribution >= 0.6 is 7.55 Å². The Labute approximate surface area is 26.5 Å². The first-order valence-electron chi connectivity index (χ1n) is 1.17. The molecule has 0 saturated carbocycles. The fourth-order valence-electron chi connectivity index (χ4n) is 0.0471. The molecule has 0 aromatic rings. The van der Waals surface area contributed by atoms with Crippen LogP contribution < -0.4 is 0 Å². The van der Waals surface area contributed by atoms with Crippen molar-refractivity contribution in [1.29, 1.82) is 0 Å². The predicted molar refractivity (Wildman–Crippen MR) is 23.2 cm³/mol. The molecule has 0 amide bonds.